The lowest BCUT2D eigenvalue weighted by atomic mass is 9.93. The second kappa shape index (κ2) is 5.48. The molecule has 1 aliphatic rings. The Hall–Kier alpha value is -1.75. The van der Waals surface area contributed by atoms with Crippen molar-refractivity contribution >= 4 is 0 Å². The molecule has 0 spiro atoms. The number of hydrogen-bond acceptors (Lipinski definition) is 4. The third-order valence-electron chi connectivity index (χ3n) is 3.63. The predicted octanol–water partition coefficient (Wildman–Crippen LogP) is 1.42. The molecule has 5 nitrogen and oxygen atoms in total. The Morgan fingerprint density at radius 2 is 2.26 bits per heavy atom. The summed E-state index contributed by atoms with van der Waals surface area (Å²) in [6, 6.07) is 0. The molecule has 5 heteroatoms. The van der Waals surface area contributed by atoms with E-state index in [2.05, 4.69) is 20.4 Å². The van der Waals surface area contributed by atoms with E-state index in [1.807, 2.05) is 19.4 Å². The molecule has 1 saturated heterocycles. The van der Waals surface area contributed by atoms with E-state index in [-0.39, 0.29) is 0 Å². The van der Waals surface area contributed by atoms with Crippen LogP contribution in [0.15, 0.2) is 24.8 Å². The largest absolute Gasteiger partial charge is 0.316 e. The zero-order valence-corrected chi connectivity index (χ0v) is 11.2. The minimum atomic E-state index is 0.667. The van der Waals surface area contributed by atoms with Crippen molar-refractivity contribution in [2.45, 2.75) is 19.3 Å². The molecule has 0 aromatic carbocycles. The third-order valence-corrected chi connectivity index (χ3v) is 3.63. The monoisotopic (exact) mass is 257 g/mol. The van der Waals surface area contributed by atoms with Crippen LogP contribution in [-0.4, -0.2) is 32.8 Å². The molecule has 3 heterocycles. The fourth-order valence-corrected chi connectivity index (χ4v) is 2.67. The number of hydrogen-bond donors (Lipinski definition) is 1. The molecule has 0 radical (unpaired) electrons. The summed E-state index contributed by atoms with van der Waals surface area (Å²) in [4.78, 5) is 9.02. The SMILES string of the molecule is Cn1cc(-c2nccnc2CC2CCCNC2)cn1. The van der Waals surface area contributed by atoms with Gasteiger partial charge in [-0.1, -0.05) is 0 Å². The topological polar surface area (TPSA) is 55.6 Å². The van der Waals surface area contributed by atoms with Gasteiger partial charge < -0.3 is 5.32 Å². The van der Waals surface area contributed by atoms with E-state index in [0.717, 1.165) is 36.5 Å². The van der Waals surface area contributed by atoms with E-state index in [1.54, 1.807) is 17.1 Å². The molecule has 19 heavy (non-hydrogen) atoms. The summed E-state index contributed by atoms with van der Waals surface area (Å²) in [5, 5.41) is 7.67. The average Bonchev–Trinajstić information content (AvgIpc) is 2.87. The molecule has 2 aromatic heterocycles. The number of nitrogens with zero attached hydrogens (tertiary/aromatic N) is 4. The summed E-state index contributed by atoms with van der Waals surface area (Å²) in [5.41, 5.74) is 3.11. The fourth-order valence-electron chi connectivity index (χ4n) is 2.67. The van der Waals surface area contributed by atoms with Crippen LogP contribution in [0.4, 0.5) is 0 Å². The Bertz CT molecular complexity index is 542. The van der Waals surface area contributed by atoms with E-state index in [9.17, 15) is 0 Å². The van der Waals surface area contributed by atoms with E-state index >= 15 is 0 Å². The molecule has 0 saturated carbocycles. The first kappa shape index (κ1) is 12.3. The minimum absolute atomic E-state index is 0.667. The lowest BCUT2D eigenvalue weighted by molar-refractivity contribution is 0.373. The maximum Gasteiger partial charge on any atom is 0.0948 e. The van der Waals surface area contributed by atoms with Gasteiger partial charge in [0, 0.05) is 31.2 Å². The van der Waals surface area contributed by atoms with Crippen LogP contribution >= 0.6 is 0 Å². The molecular weight excluding hydrogens is 238 g/mol. The highest BCUT2D eigenvalue weighted by atomic mass is 15.2. The van der Waals surface area contributed by atoms with Gasteiger partial charge in [-0.15, -0.1) is 0 Å². The van der Waals surface area contributed by atoms with Crippen molar-refractivity contribution in [2.24, 2.45) is 13.0 Å². The first-order valence-electron chi connectivity index (χ1n) is 6.82. The maximum absolute atomic E-state index is 4.53. The number of aryl methyl sites for hydroxylation is 1. The number of rotatable bonds is 3. The Balaban J connectivity index is 1.84. The molecule has 100 valence electrons. The highest BCUT2D eigenvalue weighted by Crippen LogP contribution is 2.23. The minimum Gasteiger partial charge on any atom is -0.316 e. The normalized spacial score (nSPS) is 19.5. The van der Waals surface area contributed by atoms with Crippen LogP contribution in [0.1, 0.15) is 18.5 Å². The molecule has 1 aliphatic heterocycles. The molecular formula is C14H19N5. The standard InChI is InChI=1S/C14H19N5/c1-19-10-12(9-18-19)14-13(16-5-6-17-14)7-11-3-2-4-15-8-11/h5-6,9-11,15H,2-4,7-8H2,1H3. The smallest absolute Gasteiger partial charge is 0.0948 e. The number of aromatic nitrogens is 4. The molecule has 3 rings (SSSR count). The Morgan fingerprint density at radius 3 is 3.00 bits per heavy atom. The van der Waals surface area contributed by atoms with Crippen molar-refractivity contribution in [1.29, 1.82) is 0 Å². The third kappa shape index (κ3) is 2.81. The quantitative estimate of drug-likeness (QED) is 0.903. The highest BCUT2D eigenvalue weighted by molar-refractivity contribution is 5.59. The van der Waals surface area contributed by atoms with Gasteiger partial charge in [-0.05, 0) is 38.3 Å². The van der Waals surface area contributed by atoms with Crippen molar-refractivity contribution in [3.05, 3.63) is 30.5 Å². The fraction of sp³-hybridized carbons (Fsp3) is 0.500. The molecule has 1 N–H and O–H groups in total. The summed E-state index contributed by atoms with van der Waals surface area (Å²) in [6.45, 7) is 2.23. The van der Waals surface area contributed by atoms with Gasteiger partial charge >= 0.3 is 0 Å². The first-order chi connectivity index (χ1) is 9.33. The van der Waals surface area contributed by atoms with Gasteiger partial charge in [-0.2, -0.15) is 5.10 Å². The first-order valence-corrected chi connectivity index (χ1v) is 6.82. The van der Waals surface area contributed by atoms with Crippen molar-refractivity contribution in [3.8, 4) is 11.3 Å². The van der Waals surface area contributed by atoms with Crippen LogP contribution < -0.4 is 5.32 Å². The Kier molecular flexibility index (Phi) is 3.55. The summed E-state index contributed by atoms with van der Waals surface area (Å²) >= 11 is 0. The van der Waals surface area contributed by atoms with Gasteiger partial charge in [0.25, 0.3) is 0 Å². The van der Waals surface area contributed by atoms with Gasteiger partial charge in [0.1, 0.15) is 0 Å². The number of nitrogens with one attached hydrogen (secondary N) is 1. The van der Waals surface area contributed by atoms with Gasteiger partial charge in [-0.3, -0.25) is 14.6 Å². The predicted molar refractivity (Wildman–Crippen MR) is 73.5 cm³/mol. The van der Waals surface area contributed by atoms with Crippen LogP contribution in [0.25, 0.3) is 11.3 Å². The van der Waals surface area contributed by atoms with Crippen LogP contribution in [0.3, 0.4) is 0 Å². The molecule has 0 amide bonds. The Labute approximate surface area is 113 Å². The summed E-state index contributed by atoms with van der Waals surface area (Å²) in [6.07, 6.45) is 10.9. The lowest BCUT2D eigenvalue weighted by Crippen LogP contribution is -2.31. The summed E-state index contributed by atoms with van der Waals surface area (Å²) in [5.74, 6) is 0.667. The second-order valence-electron chi connectivity index (χ2n) is 5.17. The average molecular weight is 257 g/mol. The molecule has 1 unspecified atom stereocenters. The molecule has 1 atom stereocenters. The van der Waals surface area contributed by atoms with E-state index < -0.39 is 0 Å². The second-order valence-corrected chi connectivity index (χ2v) is 5.17. The van der Waals surface area contributed by atoms with E-state index in [0.29, 0.717) is 5.92 Å². The maximum atomic E-state index is 4.53. The van der Waals surface area contributed by atoms with Crippen LogP contribution in [-0.2, 0) is 13.5 Å². The van der Waals surface area contributed by atoms with Gasteiger partial charge in [0.05, 0.1) is 17.6 Å². The lowest BCUT2D eigenvalue weighted by Gasteiger charge is -2.22. The summed E-state index contributed by atoms with van der Waals surface area (Å²) < 4.78 is 1.80. The van der Waals surface area contributed by atoms with Crippen LogP contribution in [0.5, 0.6) is 0 Å². The van der Waals surface area contributed by atoms with Crippen LogP contribution in [0.2, 0.25) is 0 Å². The van der Waals surface area contributed by atoms with E-state index in [4.69, 9.17) is 0 Å². The van der Waals surface area contributed by atoms with Crippen LogP contribution in [0, 0.1) is 5.92 Å². The van der Waals surface area contributed by atoms with Gasteiger partial charge in [0.15, 0.2) is 0 Å². The molecule has 1 fully saturated rings. The summed E-state index contributed by atoms with van der Waals surface area (Å²) in [7, 11) is 1.92. The molecule has 0 bridgehead atoms. The van der Waals surface area contributed by atoms with Gasteiger partial charge in [0.2, 0.25) is 0 Å². The number of piperidine rings is 1. The van der Waals surface area contributed by atoms with Crippen molar-refractivity contribution < 1.29 is 0 Å². The molecule has 0 aliphatic carbocycles. The van der Waals surface area contributed by atoms with Crippen molar-refractivity contribution in [3.63, 3.8) is 0 Å². The highest BCUT2D eigenvalue weighted by Gasteiger charge is 2.17. The van der Waals surface area contributed by atoms with Gasteiger partial charge in [-0.25, -0.2) is 0 Å². The van der Waals surface area contributed by atoms with Crippen molar-refractivity contribution in [2.75, 3.05) is 13.1 Å². The zero-order chi connectivity index (χ0) is 13.1. The Morgan fingerprint density at radius 1 is 1.37 bits per heavy atom. The molecule has 2 aromatic rings. The van der Waals surface area contributed by atoms with E-state index in [1.165, 1.54) is 12.8 Å². The van der Waals surface area contributed by atoms with Crippen molar-refractivity contribution in [1.82, 2.24) is 25.1 Å². The zero-order valence-electron chi connectivity index (χ0n) is 11.2.